The molecule has 86 valence electrons. The number of unbranched alkanes of at least 4 members (excludes halogenated alkanes) is 1. The van der Waals surface area contributed by atoms with E-state index in [1.54, 1.807) is 0 Å². The van der Waals surface area contributed by atoms with Gasteiger partial charge >= 0.3 is 0 Å². The Morgan fingerprint density at radius 3 is 2.62 bits per heavy atom. The molecular weight excluding hydrogens is 200 g/mol. The monoisotopic (exact) mass is 218 g/mol. The molecular formula is C14H18O2. The molecule has 0 aromatic heterocycles. The molecule has 1 aromatic carbocycles. The molecule has 2 nitrogen and oxygen atoms in total. The van der Waals surface area contributed by atoms with E-state index in [4.69, 9.17) is 9.84 Å². The normalized spacial score (nSPS) is 9.38. The SMILES string of the molecule is CCCOc1ccc(C#CCCCO)cc1. The van der Waals surface area contributed by atoms with Crippen molar-refractivity contribution in [1.82, 2.24) is 0 Å². The van der Waals surface area contributed by atoms with Crippen LogP contribution in [0.4, 0.5) is 0 Å². The van der Waals surface area contributed by atoms with Gasteiger partial charge in [-0.25, -0.2) is 0 Å². The lowest BCUT2D eigenvalue weighted by molar-refractivity contribution is 0.290. The van der Waals surface area contributed by atoms with E-state index in [1.165, 1.54) is 0 Å². The van der Waals surface area contributed by atoms with Gasteiger partial charge in [0.1, 0.15) is 5.75 Å². The molecule has 0 bridgehead atoms. The molecule has 0 saturated heterocycles. The summed E-state index contributed by atoms with van der Waals surface area (Å²) in [5.74, 6) is 6.95. The van der Waals surface area contributed by atoms with Crippen LogP contribution >= 0.6 is 0 Å². The molecule has 0 aliphatic carbocycles. The van der Waals surface area contributed by atoms with Gasteiger partial charge in [0.15, 0.2) is 0 Å². The second kappa shape index (κ2) is 7.78. The fourth-order valence-corrected chi connectivity index (χ4v) is 1.19. The fraction of sp³-hybridized carbons (Fsp3) is 0.429. The van der Waals surface area contributed by atoms with Gasteiger partial charge in [-0.2, -0.15) is 0 Å². The molecule has 0 amide bonds. The first kappa shape index (κ1) is 12.6. The maximum absolute atomic E-state index is 8.60. The molecule has 0 unspecified atom stereocenters. The van der Waals surface area contributed by atoms with E-state index in [2.05, 4.69) is 18.8 Å². The number of hydrogen-bond donors (Lipinski definition) is 1. The Morgan fingerprint density at radius 2 is 2.00 bits per heavy atom. The number of aliphatic hydroxyl groups is 1. The second-order valence-corrected chi connectivity index (χ2v) is 3.50. The quantitative estimate of drug-likeness (QED) is 0.608. The van der Waals surface area contributed by atoms with Crippen LogP contribution in [-0.4, -0.2) is 18.3 Å². The van der Waals surface area contributed by atoms with Crippen LogP contribution in [0.5, 0.6) is 5.75 Å². The van der Waals surface area contributed by atoms with E-state index in [-0.39, 0.29) is 6.61 Å². The van der Waals surface area contributed by atoms with Crippen LogP contribution in [0.25, 0.3) is 0 Å². The Balaban J connectivity index is 2.46. The van der Waals surface area contributed by atoms with E-state index in [1.807, 2.05) is 24.3 Å². The highest BCUT2D eigenvalue weighted by Crippen LogP contribution is 2.11. The first-order valence-electron chi connectivity index (χ1n) is 5.69. The highest BCUT2D eigenvalue weighted by atomic mass is 16.5. The Morgan fingerprint density at radius 1 is 1.25 bits per heavy atom. The third kappa shape index (κ3) is 4.86. The highest BCUT2D eigenvalue weighted by Gasteiger charge is 1.92. The molecule has 0 aliphatic rings. The van der Waals surface area contributed by atoms with Gasteiger partial charge in [0.25, 0.3) is 0 Å². The van der Waals surface area contributed by atoms with Crippen LogP contribution in [0.3, 0.4) is 0 Å². The molecule has 0 spiro atoms. The minimum atomic E-state index is 0.207. The summed E-state index contributed by atoms with van der Waals surface area (Å²) >= 11 is 0. The van der Waals surface area contributed by atoms with E-state index < -0.39 is 0 Å². The molecule has 2 heteroatoms. The average Bonchev–Trinajstić information content (AvgIpc) is 2.33. The van der Waals surface area contributed by atoms with Crippen LogP contribution in [-0.2, 0) is 0 Å². The summed E-state index contributed by atoms with van der Waals surface area (Å²) in [5, 5.41) is 8.60. The van der Waals surface area contributed by atoms with Crippen LogP contribution in [0, 0.1) is 11.8 Å². The summed E-state index contributed by atoms with van der Waals surface area (Å²) in [6, 6.07) is 7.78. The summed E-state index contributed by atoms with van der Waals surface area (Å²) in [4.78, 5) is 0. The van der Waals surface area contributed by atoms with Crippen LogP contribution in [0.2, 0.25) is 0 Å². The lowest BCUT2D eigenvalue weighted by Crippen LogP contribution is -1.94. The van der Waals surface area contributed by atoms with Gasteiger partial charge in [0.05, 0.1) is 6.61 Å². The highest BCUT2D eigenvalue weighted by molar-refractivity contribution is 5.38. The minimum absolute atomic E-state index is 0.207. The van der Waals surface area contributed by atoms with Crippen molar-refractivity contribution in [3.8, 4) is 17.6 Å². The number of aliphatic hydroxyl groups excluding tert-OH is 1. The van der Waals surface area contributed by atoms with Crippen molar-refractivity contribution in [2.24, 2.45) is 0 Å². The smallest absolute Gasteiger partial charge is 0.119 e. The number of benzene rings is 1. The largest absolute Gasteiger partial charge is 0.494 e. The average molecular weight is 218 g/mol. The molecule has 0 radical (unpaired) electrons. The molecule has 1 aromatic rings. The molecule has 16 heavy (non-hydrogen) atoms. The van der Waals surface area contributed by atoms with Gasteiger partial charge in [-0.3, -0.25) is 0 Å². The first-order valence-corrected chi connectivity index (χ1v) is 5.69. The van der Waals surface area contributed by atoms with Crippen molar-refractivity contribution in [2.45, 2.75) is 26.2 Å². The maximum Gasteiger partial charge on any atom is 0.119 e. The predicted molar refractivity (Wildman–Crippen MR) is 65.4 cm³/mol. The van der Waals surface area contributed by atoms with Gasteiger partial charge in [-0.05, 0) is 37.1 Å². The number of rotatable bonds is 5. The Kier molecular flexibility index (Phi) is 6.13. The molecule has 0 aliphatic heterocycles. The van der Waals surface area contributed by atoms with Gasteiger partial charge in [0.2, 0.25) is 0 Å². The molecule has 1 rings (SSSR count). The summed E-state index contributed by atoms with van der Waals surface area (Å²) in [6.07, 6.45) is 2.50. The number of hydrogen-bond acceptors (Lipinski definition) is 2. The van der Waals surface area contributed by atoms with Crippen molar-refractivity contribution in [2.75, 3.05) is 13.2 Å². The second-order valence-electron chi connectivity index (χ2n) is 3.50. The first-order chi connectivity index (χ1) is 7.86. The molecule has 1 N–H and O–H groups in total. The van der Waals surface area contributed by atoms with Crippen LogP contribution < -0.4 is 4.74 Å². The summed E-state index contributed by atoms with van der Waals surface area (Å²) < 4.78 is 5.47. The van der Waals surface area contributed by atoms with Gasteiger partial charge in [-0.15, -0.1) is 0 Å². The fourth-order valence-electron chi connectivity index (χ4n) is 1.19. The van der Waals surface area contributed by atoms with Gasteiger partial charge in [0, 0.05) is 18.6 Å². The van der Waals surface area contributed by atoms with Crippen molar-refractivity contribution < 1.29 is 9.84 Å². The Labute approximate surface area is 97.3 Å². The maximum atomic E-state index is 8.60. The zero-order valence-electron chi connectivity index (χ0n) is 9.70. The van der Waals surface area contributed by atoms with E-state index in [0.717, 1.165) is 37.2 Å². The molecule has 0 atom stereocenters. The summed E-state index contributed by atoms with van der Waals surface area (Å²) in [6.45, 7) is 3.04. The van der Waals surface area contributed by atoms with Crippen molar-refractivity contribution >= 4 is 0 Å². The predicted octanol–water partition coefficient (Wildman–Crippen LogP) is 2.60. The van der Waals surface area contributed by atoms with Crippen molar-refractivity contribution in [3.05, 3.63) is 29.8 Å². The van der Waals surface area contributed by atoms with Crippen molar-refractivity contribution in [3.63, 3.8) is 0 Å². The molecule has 0 fully saturated rings. The van der Waals surface area contributed by atoms with Gasteiger partial charge < -0.3 is 9.84 Å². The zero-order valence-corrected chi connectivity index (χ0v) is 9.70. The minimum Gasteiger partial charge on any atom is -0.494 e. The Hall–Kier alpha value is -1.46. The van der Waals surface area contributed by atoms with E-state index in [0.29, 0.717) is 0 Å². The zero-order chi connectivity index (χ0) is 11.6. The van der Waals surface area contributed by atoms with Crippen LogP contribution in [0.15, 0.2) is 24.3 Å². The summed E-state index contributed by atoms with van der Waals surface area (Å²) in [7, 11) is 0. The van der Waals surface area contributed by atoms with E-state index in [9.17, 15) is 0 Å². The van der Waals surface area contributed by atoms with E-state index >= 15 is 0 Å². The lowest BCUT2D eigenvalue weighted by atomic mass is 10.2. The molecule has 0 heterocycles. The molecule has 0 saturated carbocycles. The lowest BCUT2D eigenvalue weighted by Gasteiger charge is -2.03. The summed E-state index contributed by atoms with van der Waals surface area (Å²) in [5.41, 5.74) is 0.988. The standard InChI is InChI=1S/C14H18O2/c1-2-12-16-14-9-7-13(8-10-14)6-4-3-5-11-15/h7-10,15H,2-3,5,11-12H2,1H3. The Bertz CT molecular complexity index is 343. The third-order valence-corrected chi connectivity index (χ3v) is 2.02. The van der Waals surface area contributed by atoms with Gasteiger partial charge in [-0.1, -0.05) is 18.8 Å². The number of ether oxygens (including phenoxy) is 1. The topological polar surface area (TPSA) is 29.5 Å². The van der Waals surface area contributed by atoms with Crippen molar-refractivity contribution in [1.29, 1.82) is 0 Å². The third-order valence-electron chi connectivity index (χ3n) is 2.02. The van der Waals surface area contributed by atoms with Crippen LogP contribution in [0.1, 0.15) is 31.7 Å².